The minimum absolute atomic E-state index is 0.0972. The summed E-state index contributed by atoms with van der Waals surface area (Å²) in [5, 5.41) is 22.7. The topological polar surface area (TPSA) is 125 Å². The summed E-state index contributed by atoms with van der Waals surface area (Å²) in [5.41, 5.74) is 4.35. The molecule has 1 aliphatic carbocycles. The Balaban J connectivity index is 1.61. The van der Waals surface area contributed by atoms with Crippen LogP contribution in [0.1, 0.15) is 23.5 Å². The van der Waals surface area contributed by atoms with Crippen LogP contribution < -0.4 is 10.6 Å². The van der Waals surface area contributed by atoms with E-state index in [1.165, 1.54) is 6.08 Å². The molecule has 4 N–H and O–H groups in total. The molecule has 2 aromatic rings. The first-order valence-corrected chi connectivity index (χ1v) is 9.83. The molecule has 0 spiro atoms. The lowest BCUT2D eigenvalue weighted by Gasteiger charge is -2.19. The van der Waals surface area contributed by atoms with E-state index in [1.54, 1.807) is 0 Å². The summed E-state index contributed by atoms with van der Waals surface area (Å²) in [4.78, 5) is 35.3. The molecule has 0 heterocycles. The number of carboxylic acids is 1. The van der Waals surface area contributed by atoms with Crippen LogP contribution in [0.3, 0.4) is 0 Å². The molecule has 2 atom stereocenters. The largest absolute Gasteiger partial charge is 0.479 e. The Hall–Kier alpha value is -3.65. The van der Waals surface area contributed by atoms with Crippen molar-refractivity contribution >= 4 is 18.0 Å². The van der Waals surface area contributed by atoms with Crippen LogP contribution in [0.5, 0.6) is 0 Å². The number of benzene rings is 2. The lowest BCUT2D eigenvalue weighted by molar-refractivity contribution is -0.146. The smallest absolute Gasteiger partial charge is 0.407 e. The maximum absolute atomic E-state index is 12.4. The Kier molecular flexibility index (Phi) is 7.04. The van der Waals surface area contributed by atoms with Gasteiger partial charge in [0, 0.05) is 5.92 Å². The molecular formula is C23H24N2O6. The average Bonchev–Trinajstić information content (AvgIpc) is 3.09. The first-order chi connectivity index (χ1) is 14.9. The third kappa shape index (κ3) is 5.10. The highest BCUT2D eigenvalue weighted by Crippen LogP contribution is 2.44. The minimum atomic E-state index is -1.73. The lowest BCUT2D eigenvalue weighted by atomic mass is 9.98. The molecule has 0 aromatic heterocycles. The predicted octanol–water partition coefficient (Wildman–Crippen LogP) is 2.03. The van der Waals surface area contributed by atoms with E-state index in [0.717, 1.165) is 22.3 Å². The highest BCUT2D eigenvalue weighted by Gasteiger charge is 2.29. The van der Waals surface area contributed by atoms with Gasteiger partial charge in [-0.25, -0.2) is 9.59 Å². The van der Waals surface area contributed by atoms with Gasteiger partial charge >= 0.3 is 12.1 Å². The van der Waals surface area contributed by atoms with Crippen LogP contribution >= 0.6 is 0 Å². The van der Waals surface area contributed by atoms with Crippen molar-refractivity contribution in [2.45, 2.75) is 24.5 Å². The number of hydrogen-bond acceptors (Lipinski definition) is 5. The summed E-state index contributed by atoms with van der Waals surface area (Å²) < 4.78 is 5.42. The number of rotatable bonds is 9. The van der Waals surface area contributed by atoms with Gasteiger partial charge in [0.2, 0.25) is 5.91 Å². The van der Waals surface area contributed by atoms with E-state index >= 15 is 0 Å². The van der Waals surface area contributed by atoms with Crippen molar-refractivity contribution in [3.63, 3.8) is 0 Å². The summed E-state index contributed by atoms with van der Waals surface area (Å²) in [6.45, 7) is 3.18. The predicted molar refractivity (Wildman–Crippen MR) is 113 cm³/mol. The standard InChI is InChI=1S/C23H24N2O6/c1-2-7-19(21(27)24-12-20(26)22(28)29)25-23(30)31-13-18-16-10-5-3-8-14(16)15-9-4-6-11-17(15)18/h2-6,8-11,18-20,26H,1,7,12-13H2,(H,24,27)(H,25,30)(H,28,29)/t19?,20-/m0/s1. The molecule has 3 rings (SSSR count). The van der Waals surface area contributed by atoms with Crippen LogP contribution in [-0.4, -0.2) is 53.5 Å². The van der Waals surface area contributed by atoms with E-state index < -0.39 is 36.7 Å². The number of aliphatic hydroxyl groups excluding tert-OH is 1. The number of fused-ring (bicyclic) bond motifs is 3. The third-order valence-corrected chi connectivity index (χ3v) is 5.11. The number of aliphatic hydroxyl groups is 1. The summed E-state index contributed by atoms with van der Waals surface area (Å²) in [5.74, 6) is -2.21. The fraction of sp³-hybridized carbons (Fsp3) is 0.261. The number of ether oxygens (including phenoxy) is 1. The van der Waals surface area contributed by atoms with Crippen molar-refractivity contribution in [3.8, 4) is 11.1 Å². The normalized spacial score (nSPS) is 14.0. The number of nitrogens with one attached hydrogen (secondary N) is 2. The van der Waals surface area contributed by atoms with Gasteiger partial charge in [-0.15, -0.1) is 6.58 Å². The molecule has 0 bridgehead atoms. The van der Waals surface area contributed by atoms with Crippen molar-refractivity contribution in [1.82, 2.24) is 10.6 Å². The van der Waals surface area contributed by atoms with Gasteiger partial charge in [0.05, 0.1) is 6.54 Å². The number of carbonyl (C=O) groups is 3. The molecule has 0 fully saturated rings. The Bertz CT molecular complexity index is 944. The molecule has 0 saturated heterocycles. The second kappa shape index (κ2) is 9.90. The highest BCUT2D eigenvalue weighted by atomic mass is 16.5. The van der Waals surface area contributed by atoms with Gasteiger partial charge in [-0.05, 0) is 28.7 Å². The van der Waals surface area contributed by atoms with Crippen molar-refractivity contribution in [2.75, 3.05) is 13.2 Å². The Labute approximate surface area is 179 Å². The second-order valence-corrected chi connectivity index (χ2v) is 7.15. The second-order valence-electron chi connectivity index (χ2n) is 7.15. The maximum atomic E-state index is 12.4. The molecule has 8 nitrogen and oxygen atoms in total. The quantitative estimate of drug-likeness (QED) is 0.457. The van der Waals surface area contributed by atoms with E-state index in [9.17, 15) is 19.5 Å². The number of amides is 2. The van der Waals surface area contributed by atoms with E-state index in [2.05, 4.69) is 17.2 Å². The van der Waals surface area contributed by atoms with Gasteiger partial charge < -0.3 is 25.6 Å². The van der Waals surface area contributed by atoms with Crippen LogP contribution in [0.4, 0.5) is 4.79 Å². The molecule has 31 heavy (non-hydrogen) atoms. The van der Waals surface area contributed by atoms with Gasteiger partial charge in [-0.3, -0.25) is 4.79 Å². The van der Waals surface area contributed by atoms with E-state index in [1.807, 2.05) is 48.5 Å². The van der Waals surface area contributed by atoms with Crippen molar-refractivity contribution in [3.05, 3.63) is 72.3 Å². The zero-order valence-corrected chi connectivity index (χ0v) is 16.8. The first kappa shape index (κ1) is 22.0. The van der Waals surface area contributed by atoms with Gasteiger partial charge in [-0.1, -0.05) is 54.6 Å². The molecule has 0 saturated carbocycles. The molecule has 2 amide bonds. The number of carboxylic acid groups (broad SMARTS) is 1. The molecule has 1 unspecified atom stereocenters. The van der Waals surface area contributed by atoms with E-state index in [4.69, 9.17) is 9.84 Å². The molecular weight excluding hydrogens is 400 g/mol. The van der Waals surface area contributed by atoms with Crippen LogP contribution in [0.2, 0.25) is 0 Å². The first-order valence-electron chi connectivity index (χ1n) is 9.83. The maximum Gasteiger partial charge on any atom is 0.407 e. The van der Waals surface area contributed by atoms with Crippen LogP contribution in [0.15, 0.2) is 61.2 Å². The molecule has 162 valence electrons. The van der Waals surface area contributed by atoms with Crippen LogP contribution in [0.25, 0.3) is 11.1 Å². The summed E-state index contributed by atoms with van der Waals surface area (Å²) in [6, 6.07) is 14.9. The summed E-state index contributed by atoms with van der Waals surface area (Å²) >= 11 is 0. The number of alkyl carbamates (subject to hydrolysis) is 1. The molecule has 2 aromatic carbocycles. The zero-order chi connectivity index (χ0) is 22.4. The molecule has 1 aliphatic rings. The van der Waals surface area contributed by atoms with Gasteiger partial charge in [0.1, 0.15) is 12.6 Å². The minimum Gasteiger partial charge on any atom is -0.479 e. The lowest BCUT2D eigenvalue weighted by Crippen LogP contribution is -2.49. The number of aliphatic carboxylic acids is 1. The Morgan fingerprint density at radius 1 is 1.06 bits per heavy atom. The third-order valence-electron chi connectivity index (χ3n) is 5.11. The zero-order valence-electron chi connectivity index (χ0n) is 16.8. The average molecular weight is 424 g/mol. The van der Waals surface area contributed by atoms with Crippen LogP contribution in [-0.2, 0) is 14.3 Å². The highest BCUT2D eigenvalue weighted by molar-refractivity contribution is 5.86. The molecule has 0 aliphatic heterocycles. The molecule has 0 radical (unpaired) electrons. The van der Waals surface area contributed by atoms with Gasteiger partial charge in [0.25, 0.3) is 0 Å². The van der Waals surface area contributed by atoms with E-state index in [0.29, 0.717) is 0 Å². The van der Waals surface area contributed by atoms with Gasteiger partial charge in [0.15, 0.2) is 6.10 Å². The van der Waals surface area contributed by atoms with E-state index in [-0.39, 0.29) is 18.9 Å². The fourth-order valence-electron chi connectivity index (χ4n) is 3.59. The summed E-state index contributed by atoms with van der Waals surface area (Å²) in [7, 11) is 0. The fourth-order valence-corrected chi connectivity index (χ4v) is 3.59. The van der Waals surface area contributed by atoms with Crippen molar-refractivity contribution in [2.24, 2.45) is 0 Å². The number of carbonyl (C=O) groups excluding carboxylic acids is 2. The Morgan fingerprint density at radius 3 is 2.19 bits per heavy atom. The molecule has 8 heteroatoms. The monoisotopic (exact) mass is 424 g/mol. The SMILES string of the molecule is C=CCC(NC(=O)OCC1c2ccccc2-c2ccccc21)C(=O)NC[C@H](O)C(=O)O. The van der Waals surface area contributed by atoms with Crippen molar-refractivity contribution in [1.29, 1.82) is 0 Å². The number of hydrogen-bond donors (Lipinski definition) is 4. The Morgan fingerprint density at radius 2 is 1.65 bits per heavy atom. The summed E-state index contributed by atoms with van der Waals surface area (Å²) in [6.07, 6.45) is -0.953. The van der Waals surface area contributed by atoms with Crippen LogP contribution in [0, 0.1) is 0 Å². The van der Waals surface area contributed by atoms with Gasteiger partial charge in [-0.2, -0.15) is 0 Å². The van der Waals surface area contributed by atoms with Crippen molar-refractivity contribution < 1.29 is 29.3 Å².